The molecule has 0 fully saturated rings. The Labute approximate surface area is 138 Å². The second-order valence-corrected chi connectivity index (χ2v) is 6.09. The molecule has 21 heavy (non-hydrogen) atoms. The van der Waals surface area contributed by atoms with Crippen LogP contribution in [-0.4, -0.2) is 31.2 Å². The van der Waals surface area contributed by atoms with Crippen LogP contribution in [0, 0.1) is 20.8 Å². The summed E-state index contributed by atoms with van der Waals surface area (Å²) in [7, 11) is 1.88. The number of hydrogen-bond acceptors (Lipinski definition) is 3. The van der Waals surface area contributed by atoms with Gasteiger partial charge < -0.3 is 10.6 Å². The molecule has 0 aliphatic carbocycles. The molecule has 0 saturated carbocycles. The topological polar surface area (TPSA) is 59.7 Å². The number of thiocarbonyl (C=S) groups is 1. The van der Waals surface area contributed by atoms with Crippen molar-refractivity contribution in [1.29, 1.82) is 0 Å². The van der Waals surface area contributed by atoms with Crippen LogP contribution < -0.4 is 10.6 Å². The van der Waals surface area contributed by atoms with Crippen LogP contribution in [0.3, 0.4) is 0 Å². The Balaban J connectivity index is 1.84. The van der Waals surface area contributed by atoms with Crippen LogP contribution in [-0.2, 0) is 13.6 Å². The normalized spacial score (nSPS) is 10.7. The fourth-order valence-electron chi connectivity index (χ4n) is 2.06. The van der Waals surface area contributed by atoms with Gasteiger partial charge in [-0.2, -0.15) is 10.2 Å². The van der Waals surface area contributed by atoms with Crippen molar-refractivity contribution < 1.29 is 0 Å². The molecule has 0 amide bonds. The minimum atomic E-state index is 0.590. The summed E-state index contributed by atoms with van der Waals surface area (Å²) in [6.07, 6.45) is 1.90. The molecule has 0 unspecified atom stereocenters. The van der Waals surface area contributed by atoms with Crippen LogP contribution >= 0.6 is 28.1 Å². The van der Waals surface area contributed by atoms with E-state index in [0.29, 0.717) is 11.7 Å². The summed E-state index contributed by atoms with van der Waals surface area (Å²) < 4.78 is 4.78. The molecule has 2 aromatic heterocycles. The average molecular weight is 371 g/mol. The Morgan fingerprint density at radius 1 is 1.29 bits per heavy atom. The summed E-state index contributed by atoms with van der Waals surface area (Å²) in [6, 6.07) is 0. The van der Waals surface area contributed by atoms with Gasteiger partial charge in [-0.15, -0.1) is 0 Å². The van der Waals surface area contributed by atoms with Crippen molar-refractivity contribution in [3.8, 4) is 0 Å². The minimum absolute atomic E-state index is 0.590. The first-order chi connectivity index (χ1) is 9.88. The third-order valence-electron chi connectivity index (χ3n) is 3.16. The number of hydrogen-bond donors (Lipinski definition) is 2. The maximum atomic E-state index is 5.29. The van der Waals surface area contributed by atoms with E-state index < -0.39 is 0 Å². The quantitative estimate of drug-likeness (QED) is 0.808. The van der Waals surface area contributed by atoms with Crippen molar-refractivity contribution >= 4 is 38.9 Å². The zero-order valence-electron chi connectivity index (χ0n) is 12.6. The number of anilines is 1. The maximum Gasteiger partial charge on any atom is 0.170 e. The SMILES string of the molecule is Cc1nn(C)cc1NC(=S)NCCn1nc(C)c(Br)c1C. The standard InChI is InChI=1S/C13H19BrN6S/c1-8-11(7-19(4)17-8)16-13(21)15-5-6-20-10(3)12(14)9(2)18-20/h7H,5-6H2,1-4H3,(H2,15,16,21). The van der Waals surface area contributed by atoms with E-state index in [0.717, 1.165) is 33.8 Å². The molecule has 0 atom stereocenters. The van der Waals surface area contributed by atoms with Gasteiger partial charge in [0.05, 0.1) is 28.1 Å². The smallest absolute Gasteiger partial charge is 0.170 e. The van der Waals surface area contributed by atoms with Gasteiger partial charge in [0.15, 0.2) is 5.11 Å². The predicted molar refractivity (Wildman–Crippen MR) is 91.6 cm³/mol. The van der Waals surface area contributed by atoms with Crippen LogP contribution in [0.15, 0.2) is 10.7 Å². The van der Waals surface area contributed by atoms with Gasteiger partial charge in [-0.1, -0.05) is 0 Å². The number of rotatable bonds is 4. The monoisotopic (exact) mass is 370 g/mol. The van der Waals surface area contributed by atoms with E-state index in [-0.39, 0.29) is 0 Å². The average Bonchev–Trinajstić information content (AvgIpc) is 2.84. The lowest BCUT2D eigenvalue weighted by Gasteiger charge is -2.10. The highest BCUT2D eigenvalue weighted by molar-refractivity contribution is 9.10. The number of halogens is 1. The Hall–Kier alpha value is -1.41. The fourth-order valence-corrected chi connectivity index (χ4v) is 2.55. The van der Waals surface area contributed by atoms with Gasteiger partial charge in [0, 0.05) is 25.5 Å². The Bertz CT molecular complexity index is 660. The van der Waals surface area contributed by atoms with Gasteiger partial charge in [0.25, 0.3) is 0 Å². The van der Waals surface area contributed by atoms with E-state index in [2.05, 4.69) is 36.8 Å². The summed E-state index contributed by atoms with van der Waals surface area (Å²) in [4.78, 5) is 0. The first-order valence-electron chi connectivity index (χ1n) is 6.63. The molecule has 0 aliphatic heterocycles. The highest BCUT2D eigenvalue weighted by Gasteiger charge is 2.08. The summed E-state index contributed by atoms with van der Waals surface area (Å²) in [5.74, 6) is 0. The summed E-state index contributed by atoms with van der Waals surface area (Å²) in [5.41, 5.74) is 3.96. The molecule has 2 N–H and O–H groups in total. The highest BCUT2D eigenvalue weighted by atomic mass is 79.9. The first-order valence-corrected chi connectivity index (χ1v) is 7.83. The van der Waals surface area contributed by atoms with Crippen LogP contribution in [0.4, 0.5) is 5.69 Å². The number of aryl methyl sites for hydroxylation is 3. The summed E-state index contributed by atoms with van der Waals surface area (Å²) >= 11 is 8.81. The molecule has 0 radical (unpaired) electrons. The molecule has 0 aromatic carbocycles. The molecule has 0 bridgehead atoms. The molecule has 0 saturated heterocycles. The van der Waals surface area contributed by atoms with Crippen LogP contribution in [0.25, 0.3) is 0 Å². The summed E-state index contributed by atoms with van der Waals surface area (Å²) in [6.45, 7) is 7.43. The fraction of sp³-hybridized carbons (Fsp3) is 0.462. The molecule has 114 valence electrons. The zero-order valence-corrected chi connectivity index (χ0v) is 15.0. The summed E-state index contributed by atoms with van der Waals surface area (Å²) in [5, 5.41) is 15.6. The van der Waals surface area contributed by atoms with Crippen molar-refractivity contribution in [2.75, 3.05) is 11.9 Å². The van der Waals surface area contributed by atoms with Crippen molar-refractivity contribution in [3.63, 3.8) is 0 Å². The molecule has 2 rings (SSSR count). The lowest BCUT2D eigenvalue weighted by molar-refractivity contribution is 0.585. The van der Waals surface area contributed by atoms with Gasteiger partial charge in [-0.25, -0.2) is 0 Å². The molecule has 0 aliphatic rings. The van der Waals surface area contributed by atoms with E-state index >= 15 is 0 Å². The van der Waals surface area contributed by atoms with Gasteiger partial charge >= 0.3 is 0 Å². The van der Waals surface area contributed by atoms with Crippen molar-refractivity contribution in [3.05, 3.63) is 27.8 Å². The second kappa shape index (κ2) is 6.57. The third-order valence-corrected chi connectivity index (χ3v) is 4.56. The lowest BCUT2D eigenvalue weighted by atomic mass is 10.4. The third kappa shape index (κ3) is 3.82. The van der Waals surface area contributed by atoms with Crippen LogP contribution in [0.2, 0.25) is 0 Å². The van der Waals surface area contributed by atoms with Crippen LogP contribution in [0.5, 0.6) is 0 Å². The van der Waals surface area contributed by atoms with Crippen LogP contribution in [0.1, 0.15) is 17.1 Å². The minimum Gasteiger partial charge on any atom is -0.361 e. The zero-order chi connectivity index (χ0) is 15.6. The van der Waals surface area contributed by atoms with E-state index in [1.165, 1.54) is 0 Å². The van der Waals surface area contributed by atoms with Crippen molar-refractivity contribution in [1.82, 2.24) is 24.9 Å². The Morgan fingerprint density at radius 3 is 2.52 bits per heavy atom. The molecule has 8 heteroatoms. The maximum absolute atomic E-state index is 5.29. The molecule has 2 heterocycles. The van der Waals surface area contributed by atoms with Gasteiger partial charge in [-0.3, -0.25) is 9.36 Å². The number of aromatic nitrogens is 4. The van der Waals surface area contributed by atoms with E-state index in [1.807, 2.05) is 38.7 Å². The number of nitrogens with one attached hydrogen (secondary N) is 2. The Kier molecular flexibility index (Phi) is 5.00. The van der Waals surface area contributed by atoms with Gasteiger partial charge in [0.1, 0.15) is 0 Å². The largest absolute Gasteiger partial charge is 0.361 e. The van der Waals surface area contributed by atoms with Crippen molar-refractivity contribution in [2.45, 2.75) is 27.3 Å². The second-order valence-electron chi connectivity index (χ2n) is 4.89. The molecule has 0 spiro atoms. The molecular weight excluding hydrogens is 352 g/mol. The molecule has 2 aromatic rings. The predicted octanol–water partition coefficient (Wildman–Crippen LogP) is 2.29. The molecular formula is C13H19BrN6S. The van der Waals surface area contributed by atoms with Gasteiger partial charge in [-0.05, 0) is 48.9 Å². The first kappa shape index (κ1) is 16.0. The van der Waals surface area contributed by atoms with Crippen molar-refractivity contribution in [2.24, 2.45) is 7.05 Å². The lowest BCUT2D eigenvalue weighted by Crippen LogP contribution is -2.31. The Morgan fingerprint density at radius 2 is 2.00 bits per heavy atom. The van der Waals surface area contributed by atoms with E-state index in [1.54, 1.807) is 4.68 Å². The highest BCUT2D eigenvalue weighted by Crippen LogP contribution is 2.19. The van der Waals surface area contributed by atoms with E-state index in [9.17, 15) is 0 Å². The van der Waals surface area contributed by atoms with E-state index in [4.69, 9.17) is 12.2 Å². The number of nitrogens with zero attached hydrogens (tertiary/aromatic N) is 4. The molecule has 6 nitrogen and oxygen atoms in total. The van der Waals surface area contributed by atoms with Gasteiger partial charge in [0.2, 0.25) is 0 Å².